The van der Waals surface area contributed by atoms with Crippen LogP contribution in [-0.4, -0.2) is 45.1 Å². The predicted molar refractivity (Wildman–Crippen MR) is 103 cm³/mol. The van der Waals surface area contributed by atoms with Crippen molar-refractivity contribution in [3.8, 4) is 0 Å². The number of anilines is 1. The lowest BCUT2D eigenvalue weighted by Gasteiger charge is -2.36. The van der Waals surface area contributed by atoms with Gasteiger partial charge < -0.3 is 10.2 Å². The maximum absolute atomic E-state index is 13.0. The summed E-state index contributed by atoms with van der Waals surface area (Å²) in [6, 6.07) is 13.8. The number of nitrogens with zero attached hydrogens (tertiary/aromatic N) is 1. The maximum atomic E-state index is 13.0. The molecule has 1 fully saturated rings. The van der Waals surface area contributed by atoms with Gasteiger partial charge >= 0.3 is 0 Å². The molecule has 26 heavy (non-hydrogen) atoms. The molecule has 1 amide bonds. The van der Waals surface area contributed by atoms with Crippen molar-refractivity contribution in [2.75, 3.05) is 30.6 Å². The van der Waals surface area contributed by atoms with Crippen molar-refractivity contribution in [1.29, 1.82) is 0 Å². The van der Waals surface area contributed by atoms with Crippen molar-refractivity contribution in [3.05, 3.63) is 64.7 Å². The highest BCUT2D eigenvalue weighted by Gasteiger charge is 2.28. The van der Waals surface area contributed by atoms with Crippen LogP contribution in [0.5, 0.6) is 0 Å². The van der Waals surface area contributed by atoms with Crippen molar-refractivity contribution in [2.24, 2.45) is 0 Å². The lowest BCUT2D eigenvalue weighted by atomic mass is 10.0. The molecule has 1 atom stereocenters. The number of benzene rings is 2. The first-order chi connectivity index (χ1) is 12.3. The largest absolute Gasteiger partial charge is 0.329 e. The van der Waals surface area contributed by atoms with E-state index in [1.165, 1.54) is 0 Å². The standard InChI is InChI=1S/C18H20ClN3O3S/c1-26(24,25)21-16-7-5-13(6-8-16)18(23)22-10-9-20-12-17(22)14-3-2-4-15(19)11-14/h2-8,11,17,20-21H,9-10,12H2,1H3. The minimum Gasteiger partial charge on any atom is -0.329 e. The van der Waals surface area contributed by atoms with E-state index in [2.05, 4.69) is 10.0 Å². The van der Waals surface area contributed by atoms with Crippen molar-refractivity contribution in [1.82, 2.24) is 10.2 Å². The van der Waals surface area contributed by atoms with Crippen molar-refractivity contribution >= 4 is 33.2 Å². The zero-order chi connectivity index (χ0) is 18.7. The molecule has 3 rings (SSSR count). The van der Waals surface area contributed by atoms with Crippen LogP contribution in [0, 0.1) is 0 Å². The minimum atomic E-state index is -3.35. The first kappa shape index (κ1) is 18.7. The average Bonchev–Trinajstić information content (AvgIpc) is 2.60. The van der Waals surface area contributed by atoms with Crippen LogP contribution < -0.4 is 10.0 Å². The van der Waals surface area contributed by atoms with Crippen LogP contribution in [0.15, 0.2) is 48.5 Å². The van der Waals surface area contributed by atoms with E-state index in [1.807, 2.05) is 23.1 Å². The number of halogens is 1. The third-order valence-corrected chi connectivity index (χ3v) is 5.01. The molecule has 0 saturated carbocycles. The van der Waals surface area contributed by atoms with E-state index in [-0.39, 0.29) is 11.9 Å². The highest BCUT2D eigenvalue weighted by molar-refractivity contribution is 7.92. The van der Waals surface area contributed by atoms with E-state index >= 15 is 0 Å². The highest BCUT2D eigenvalue weighted by atomic mass is 35.5. The fourth-order valence-electron chi connectivity index (χ4n) is 3.02. The first-order valence-corrected chi connectivity index (χ1v) is 10.5. The Labute approximate surface area is 158 Å². The molecular formula is C18H20ClN3O3S. The number of hydrogen-bond acceptors (Lipinski definition) is 4. The SMILES string of the molecule is CS(=O)(=O)Nc1ccc(C(=O)N2CCNCC2c2cccc(Cl)c2)cc1. The molecule has 0 spiro atoms. The number of hydrogen-bond donors (Lipinski definition) is 2. The fourth-order valence-corrected chi connectivity index (χ4v) is 3.78. The summed E-state index contributed by atoms with van der Waals surface area (Å²) < 4.78 is 25.0. The van der Waals surface area contributed by atoms with Crippen LogP contribution in [0.25, 0.3) is 0 Å². The minimum absolute atomic E-state index is 0.0950. The summed E-state index contributed by atoms with van der Waals surface area (Å²) in [5, 5.41) is 3.95. The number of carbonyl (C=O) groups is 1. The molecule has 1 saturated heterocycles. The average molecular weight is 394 g/mol. The third kappa shape index (κ3) is 4.55. The lowest BCUT2D eigenvalue weighted by Crippen LogP contribution is -2.48. The Morgan fingerprint density at radius 3 is 2.62 bits per heavy atom. The van der Waals surface area contributed by atoms with Crippen molar-refractivity contribution in [3.63, 3.8) is 0 Å². The Kier molecular flexibility index (Phi) is 5.50. The molecule has 0 aromatic heterocycles. The van der Waals surface area contributed by atoms with Crippen LogP contribution in [0.2, 0.25) is 5.02 Å². The zero-order valence-electron chi connectivity index (χ0n) is 14.3. The number of sulfonamides is 1. The van der Waals surface area contributed by atoms with Crippen LogP contribution >= 0.6 is 11.6 Å². The summed E-state index contributed by atoms with van der Waals surface area (Å²) in [5.74, 6) is -0.0950. The van der Waals surface area contributed by atoms with Gasteiger partial charge in [0, 0.05) is 35.9 Å². The van der Waals surface area contributed by atoms with Crippen LogP contribution in [0.3, 0.4) is 0 Å². The molecule has 0 radical (unpaired) electrons. The molecule has 1 heterocycles. The lowest BCUT2D eigenvalue weighted by molar-refractivity contribution is 0.0634. The van der Waals surface area contributed by atoms with Gasteiger partial charge in [-0.15, -0.1) is 0 Å². The second-order valence-corrected chi connectivity index (χ2v) is 8.41. The van der Waals surface area contributed by atoms with Gasteiger partial charge in [0.25, 0.3) is 5.91 Å². The summed E-state index contributed by atoms with van der Waals surface area (Å²) in [4.78, 5) is 14.8. The molecule has 0 aliphatic carbocycles. The molecule has 2 N–H and O–H groups in total. The van der Waals surface area contributed by atoms with Gasteiger partial charge in [0.2, 0.25) is 10.0 Å². The van der Waals surface area contributed by atoms with Crippen LogP contribution in [0.4, 0.5) is 5.69 Å². The Morgan fingerprint density at radius 1 is 1.23 bits per heavy atom. The zero-order valence-corrected chi connectivity index (χ0v) is 15.8. The number of amides is 1. The smallest absolute Gasteiger partial charge is 0.254 e. The molecule has 1 aliphatic heterocycles. The van der Waals surface area contributed by atoms with E-state index < -0.39 is 10.0 Å². The molecule has 6 nitrogen and oxygen atoms in total. The maximum Gasteiger partial charge on any atom is 0.254 e. The number of carbonyl (C=O) groups excluding carboxylic acids is 1. The summed E-state index contributed by atoms with van der Waals surface area (Å²) in [5.41, 5.74) is 1.92. The summed E-state index contributed by atoms with van der Waals surface area (Å²) >= 11 is 6.10. The van der Waals surface area contributed by atoms with Crippen LogP contribution in [-0.2, 0) is 10.0 Å². The van der Waals surface area contributed by atoms with E-state index in [9.17, 15) is 13.2 Å². The Hall–Kier alpha value is -2.09. The molecule has 2 aromatic carbocycles. The molecule has 2 aromatic rings. The second-order valence-electron chi connectivity index (χ2n) is 6.23. The summed E-state index contributed by atoms with van der Waals surface area (Å²) in [6.45, 7) is 1.95. The van der Waals surface area contributed by atoms with Crippen molar-refractivity contribution in [2.45, 2.75) is 6.04 Å². The van der Waals surface area contributed by atoms with Gasteiger partial charge in [-0.25, -0.2) is 8.42 Å². The van der Waals surface area contributed by atoms with E-state index in [0.29, 0.717) is 29.4 Å². The van der Waals surface area contributed by atoms with E-state index in [1.54, 1.807) is 30.3 Å². The molecular weight excluding hydrogens is 374 g/mol. The van der Waals surface area contributed by atoms with Gasteiger partial charge in [0.1, 0.15) is 0 Å². The van der Waals surface area contributed by atoms with Gasteiger partial charge in [-0.1, -0.05) is 23.7 Å². The van der Waals surface area contributed by atoms with Gasteiger partial charge in [-0.05, 0) is 42.0 Å². The molecule has 1 aliphatic rings. The van der Waals surface area contributed by atoms with E-state index in [4.69, 9.17) is 11.6 Å². The quantitative estimate of drug-likeness (QED) is 0.836. The van der Waals surface area contributed by atoms with Crippen LogP contribution in [0.1, 0.15) is 22.0 Å². The van der Waals surface area contributed by atoms with Gasteiger partial charge in [0.05, 0.1) is 12.3 Å². The molecule has 138 valence electrons. The molecule has 0 bridgehead atoms. The fraction of sp³-hybridized carbons (Fsp3) is 0.278. The summed E-state index contributed by atoms with van der Waals surface area (Å²) in [6.07, 6.45) is 1.09. The monoisotopic (exact) mass is 393 g/mol. The second kappa shape index (κ2) is 7.65. The normalized spacial score (nSPS) is 17.8. The third-order valence-electron chi connectivity index (χ3n) is 4.17. The van der Waals surface area contributed by atoms with Crippen molar-refractivity contribution < 1.29 is 13.2 Å². The van der Waals surface area contributed by atoms with Gasteiger partial charge in [0.15, 0.2) is 0 Å². The molecule has 8 heteroatoms. The predicted octanol–water partition coefficient (Wildman–Crippen LogP) is 2.50. The number of rotatable bonds is 4. The highest BCUT2D eigenvalue weighted by Crippen LogP contribution is 2.26. The summed E-state index contributed by atoms with van der Waals surface area (Å²) in [7, 11) is -3.35. The van der Waals surface area contributed by atoms with E-state index in [0.717, 1.165) is 18.4 Å². The van der Waals surface area contributed by atoms with Gasteiger partial charge in [-0.3, -0.25) is 9.52 Å². The van der Waals surface area contributed by atoms with Gasteiger partial charge in [-0.2, -0.15) is 0 Å². The first-order valence-electron chi connectivity index (χ1n) is 8.18. The Bertz CT molecular complexity index is 900. The molecule has 1 unspecified atom stereocenters. The Balaban J connectivity index is 1.82. The topological polar surface area (TPSA) is 78.5 Å². The Morgan fingerprint density at radius 2 is 1.96 bits per heavy atom. The number of nitrogens with one attached hydrogen (secondary N) is 2. The number of piperazine rings is 1.